The Morgan fingerprint density at radius 1 is 1.61 bits per heavy atom. The molecule has 1 aromatic heterocycles. The molecule has 1 N–H and O–H groups in total. The number of ketones is 1. The van der Waals surface area contributed by atoms with E-state index in [0.29, 0.717) is 19.0 Å². The van der Waals surface area contributed by atoms with Gasteiger partial charge in [0.2, 0.25) is 5.78 Å². The van der Waals surface area contributed by atoms with Gasteiger partial charge < -0.3 is 10.1 Å². The van der Waals surface area contributed by atoms with E-state index in [0.717, 1.165) is 6.54 Å². The van der Waals surface area contributed by atoms with Crippen LogP contribution in [0.4, 0.5) is 0 Å². The number of carbonyl (C=O) groups excluding carboxylic acids is 1. The van der Waals surface area contributed by atoms with Gasteiger partial charge in [-0.25, -0.2) is 9.67 Å². The second-order valence-electron chi connectivity index (χ2n) is 4.79. The van der Waals surface area contributed by atoms with E-state index in [2.05, 4.69) is 15.4 Å². The molecule has 1 aliphatic rings. The zero-order valence-electron chi connectivity index (χ0n) is 11.1. The molecule has 2 atom stereocenters. The highest BCUT2D eigenvalue weighted by Crippen LogP contribution is 2.19. The molecule has 0 aliphatic carbocycles. The summed E-state index contributed by atoms with van der Waals surface area (Å²) < 4.78 is 7.07. The molecule has 2 unspecified atom stereocenters. The number of carbonyl (C=O) groups is 1. The molecule has 2 heterocycles. The fraction of sp³-hybridized carbons (Fsp3) is 0.750. The summed E-state index contributed by atoms with van der Waals surface area (Å²) in [6.45, 7) is 7.86. The normalized spacial score (nSPS) is 23.8. The second kappa shape index (κ2) is 5.58. The van der Waals surface area contributed by atoms with Crippen LogP contribution in [0.15, 0.2) is 6.33 Å². The minimum Gasteiger partial charge on any atom is -0.379 e. The van der Waals surface area contributed by atoms with Gasteiger partial charge in [0, 0.05) is 12.1 Å². The molecule has 0 aromatic carbocycles. The summed E-state index contributed by atoms with van der Waals surface area (Å²) in [6, 6.07) is 0.214. The lowest BCUT2D eigenvalue weighted by molar-refractivity contribution is 0.0873. The molecular weight excluding hydrogens is 232 g/mol. The van der Waals surface area contributed by atoms with Crippen molar-refractivity contribution >= 4 is 5.78 Å². The maximum atomic E-state index is 12.5. The lowest BCUT2D eigenvalue weighted by Crippen LogP contribution is -2.40. The van der Waals surface area contributed by atoms with Crippen LogP contribution in [0.5, 0.6) is 0 Å². The minimum atomic E-state index is -0.161. The number of nitrogens with zero attached hydrogens (tertiary/aromatic N) is 3. The first kappa shape index (κ1) is 13.2. The van der Waals surface area contributed by atoms with E-state index >= 15 is 0 Å². The summed E-state index contributed by atoms with van der Waals surface area (Å²) in [5.74, 6) is 0.291. The summed E-state index contributed by atoms with van der Waals surface area (Å²) in [5, 5.41) is 7.39. The number of aromatic nitrogens is 3. The monoisotopic (exact) mass is 252 g/mol. The van der Waals surface area contributed by atoms with Gasteiger partial charge in [0.25, 0.3) is 0 Å². The fourth-order valence-electron chi connectivity index (χ4n) is 2.25. The zero-order valence-corrected chi connectivity index (χ0v) is 11.1. The molecule has 6 heteroatoms. The molecule has 6 nitrogen and oxygen atoms in total. The van der Waals surface area contributed by atoms with E-state index < -0.39 is 0 Å². The Bertz CT molecular complexity index is 416. The summed E-state index contributed by atoms with van der Waals surface area (Å²) in [7, 11) is 0. The number of likely N-dealkylation sites (N-methyl/N-ethyl adjacent to an activating group) is 1. The first-order chi connectivity index (χ1) is 8.65. The van der Waals surface area contributed by atoms with Crippen LogP contribution in [-0.4, -0.2) is 46.3 Å². The molecule has 0 saturated carbocycles. The summed E-state index contributed by atoms with van der Waals surface area (Å²) in [5.41, 5.74) is 0. The van der Waals surface area contributed by atoms with Crippen LogP contribution in [0, 0.1) is 5.92 Å². The topological polar surface area (TPSA) is 69.0 Å². The Morgan fingerprint density at radius 3 is 3.06 bits per heavy atom. The number of hydrogen-bond acceptors (Lipinski definition) is 5. The molecule has 0 amide bonds. The van der Waals surface area contributed by atoms with Crippen molar-refractivity contribution in [2.75, 3.05) is 19.8 Å². The Kier molecular flexibility index (Phi) is 4.08. The van der Waals surface area contributed by atoms with E-state index in [1.807, 2.05) is 20.8 Å². The standard InChI is InChI=1S/C12H20N4O2/c1-4-13-10-6-18-5-9(10)11(17)12-14-7-15-16(12)8(2)3/h7-10,13H,4-6H2,1-3H3. The van der Waals surface area contributed by atoms with Crippen molar-refractivity contribution < 1.29 is 9.53 Å². The predicted octanol–water partition coefficient (Wildman–Crippen LogP) is 0.666. The minimum absolute atomic E-state index is 0.0182. The smallest absolute Gasteiger partial charge is 0.206 e. The van der Waals surface area contributed by atoms with Crippen LogP contribution >= 0.6 is 0 Å². The average Bonchev–Trinajstić information content (AvgIpc) is 2.96. The van der Waals surface area contributed by atoms with Gasteiger partial charge in [-0.2, -0.15) is 5.10 Å². The number of Topliss-reactive ketones (excluding diaryl/α,β-unsaturated/α-hetero) is 1. The molecule has 18 heavy (non-hydrogen) atoms. The van der Waals surface area contributed by atoms with E-state index in [-0.39, 0.29) is 23.8 Å². The van der Waals surface area contributed by atoms with Crippen molar-refractivity contribution in [1.82, 2.24) is 20.1 Å². The maximum absolute atomic E-state index is 12.5. The molecular formula is C12H20N4O2. The van der Waals surface area contributed by atoms with E-state index in [9.17, 15) is 4.79 Å². The molecule has 1 saturated heterocycles. The van der Waals surface area contributed by atoms with E-state index in [1.165, 1.54) is 6.33 Å². The van der Waals surface area contributed by atoms with Crippen molar-refractivity contribution in [3.63, 3.8) is 0 Å². The second-order valence-corrected chi connectivity index (χ2v) is 4.79. The molecule has 0 radical (unpaired) electrons. The summed E-state index contributed by atoms with van der Waals surface area (Å²) >= 11 is 0. The van der Waals surface area contributed by atoms with Crippen molar-refractivity contribution in [3.8, 4) is 0 Å². The van der Waals surface area contributed by atoms with Crippen LogP contribution in [0.3, 0.4) is 0 Å². The van der Waals surface area contributed by atoms with Crippen LogP contribution in [0.2, 0.25) is 0 Å². The molecule has 2 rings (SSSR count). The molecule has 1 aromatic rings. The largest absolute Gasteiger partial charge is 0.379 e. The highest BCUT2D eigenvalue weighted by Gasteiger charge is 2.36. The van der Waals surface area contributed by atoms with Crippen molar-refractivity contribution in [3.05, 3.63) is 12.2 Å². The molecule has 0 spiro atoms. The van der Waals surface area contributed by atoms with E-state index in [1.54, 1.807) is 4.68 Å². The maximum Gasteiger partial charge on any atom is 0.206 e. The first-order valence-corrected chi connectivity index (χ1v) is 6.40. The lowest BCUT2D eigenvalue weighted by Gasteiger charge is -2.17. The molecule has 0 bridgehead atoms. The van der Waals surface area contributed by atoms with Crippen LogP contribution in [0.25, 0.3) is 0 Å². The Balaban J connectivity index is 2.17. The fourth-order valence-corrected chi connectivity index (χ4v) is 2.25. The number of hydrogen-bond donors (Lipinski definition) is 1. The Morgan fingerprint density at radius 2 is 2.39 bits per heavy atom. The number of ether oxygens (including phenoxy) is 1. The van der Waals surface area contributed by atoms with Gasteiger partial charge >= 0.3 is 0 Å². The van der Waals surface area contributed by atoms with Crippen molar-refractivity contribution in [1.29, 1.82) is 0 Å². The SMILES string of the molecule is CCNC1COCC1C(=O)c1ncnn1C(C)C. The molecule has 100 valence electrons. The van der Waals surface area contributed by atoms with Gasteiger partial charge in [-0.1, -0.05) is 6.92 Å². The van der Waals surface area contributed by atoms with Gasteiger partial charge in [0.1, 0.15) is 6.33 Å². The number of rotatable bonds is 5. The van der Waals surface area contributed by atoms with Crippen molar-refractivity contribution in [2.45, 2.75) is 32.9 Å². The Labute approximate surface area is 107 Å². The van der Waals surface area contributed by atoms with Crippen LogP contribution in [-0.2, 0) is 4.74 Å². The Hall–Kier alpha value is -1.27. The third kappa shape index (κ3) is 2.44. The third-order valence-corrected chi connectivity index (χ3v) is 3.17. The predicted molar refractivity (Wildman–Crippen MR) is 66.5 cm³/mol. The average molecular weight is 252 g/mol. The zero-order chi connectivity index (χ0) is 13.1. The van der Waals surface area contributed by atoms with Crippen molar-refractivity contribution in [2.24, 2.45) is 5.92 Å². The first-order valence-electron chi connectivity index (χ1n) is 6.40. The molecule has 1 fully saturated rings. The highest BCUT2D eigenvalue weighted by molar-refractivity contribution is 5.95. The van der Waals surface area contributed by atoms with Gasteiger partial charge in [-0.05, 0) is 20.4 Å². The van der Waals surface area contributed by atoms with Gasteiger partial charge in [0.15, 0.2) is 5.82 Å². The number of nitrogens with one attached hydrogen (secondary N) is 1. The van der Waals surface area contributed by atoms with E-state index in [4.69, 9.17) is 4.74 Å². The van der Waals surface area contributed by atoms with Crippen LogP contribution < -0.4 is 5.32 Å². The van der Waals surface area contributed by atoms with Gasteiger partial charge in [0.05, 0.1) is 19.1 Å². The highest BCUT2D eigenvalue weighted by atomic mass is 16.5. The third-order valence-electron chi connectivity index (χ3n) is 3.17. The van der Waals surface area contributed by atoms with Crippen LogP contribution in [0.1, 0.15) is 37.4 Å². The van der Waals surface area contributed by atoms with Gasteiger partial charge in [-0.15, -0.1) is 0 Å². The quantitative estimate of drug-likeness (QED) is 0.780. The summed E-state index contributed by atoms with van der Waals surface area (Å²) in [6.07, 6.45) is 1.44. The summed E-state index contributed by atoms with van der Waals surface area (Å²) in [4.78, 5) is 16.6. The molecule has 1 aliphatic heterocycles. The lowest BCUT2D eigenvalue weighted by atomic mass is 9.98. The van der Waals surface area contributed by atoms with Gasteiger partial charge in [-0.3, -0.25) is 4.79 Å².